The maximum Gasteiger partial charge on any atom is 0.339 e. The molecule has 0 fully saturated rings. The lowest BCUT2D eigenvalue weighted by Gasteiger charge is -2.15. The number of carbonyl (C=O) groups excluding carboxylic acids is 2. The zero-order valence-electron chi connectivity index (χ0n) is 15.2. The Bertz CT molecular complexity index is 1030. The molecule has 0 saturated heterocycles. The molecule has 150 valence electrons. The molecule has 2 aromatic rings. The van der Waals surface area contributed by atoms with Gasteiger partial charge in [0.25, 0.3) is 11.6 Å². The molecule has 12 heteroatoms. The third-order valence-electron chi connectivity index (χ3n) is 3.58. The van der Waals surface area contributed by atoms with Crippen LogP contribution < -0.4 is 5.32 Å². The topological polar surface area (TPSA) is 159 Å². The Morgan fingerprint density at radius 3 is 2.54 bits per heavy atom. The highest BCUT2D eigenvalue weighted by atomic mass is 32.2. The van der Waals surface area contributed by atoms with Crippen molar-refractivity contribution in [3.05, 3.63) is 45.7 Å². The average molecular weight is 411 g/mol. The highest BCUT2D eigenvalue weighted by Gasteiger charge is 2.27. The predicted molar refractivity (Wildman–Crippen MR) is 95.6 cm³/mol. The molecule has 0 radical (unpaired) electrons. The molecule has 1 amide bonds. The van der Waals surface area contributed by atoms with E-state index in [4.69, 9.17) is 9.26 Å². The fourth-order valence-electron chi connectivity index (χ4n) is 2.25. The molecule has 1 N–H and O–H groups in total. The van der Waals surface area contributed by atoms with Crippen LogP contribution in [0.15, 0.2) is 33.7 Å². The number of esters is 1. The lowest BCUT2D eigenvalue weighted by atomic mass is 10.2. The summed E-state index contributed by atoms with van der Waals surface area (Å²) in [4.78, 5) is 34.2. The summed E-state index contributed by atoms with van der Waals surface area (Å²) in [6.07, 6.45) is -0.257. The number of sulfone groups is 1. The van der Waals surface area contributed by atoms with Gasteiger partial charge in [-0.05, 0) is 25.5 Å². The number of rotatable bonds is 7. The number of hydrogen-bond acceptors (Lipinski definition) is 9. The van der Waals surface area contributed by atoms with Crippen molar-refractivity contribution in [1.82, 2.24) is 5.16 Å². The van der Waals surface area contributed by atoms with E-state index in [1.807, 2.05) is 0 Å². The fourth-order valence-corrected chi connectivity index (χ4v) is 3.08. The highest BCUT2D eigenvalue weighted by molar-refractivity contribution is 7.90. The molecule has 1 atom stereocenters. The predicted octanol–water partition coefficient (Wildman–Crippen LogP) is 1.87. The van der Waals surface area contributed by atoms with Crippen molar-refractivity contribution in [2.75, 3.05) is 11.6 Å². The standard InChI is InChI=1S/C16H17N3O8S/c1-4-12(15(20)17-14-7-9(2)27-18-14)26-16(21)10-5-6-13(28(3,24)25)11(8-10)19(22)23/h5-8,12H,4H2,1-3H3,(H,17,18,20). The van der Waals surface area contributed by atoms with Gasteiger partial charge in [-0.2, -0.15) is 0 Å². The summed E-state index contributed by atoms with van der Waals surface area (Å²) in [5.74, 6) is -1.06. The molecule has 1 heterocycles. The monoisotopic (exact) mass is 411 g/mol. The van der Waals surface area contributed by atoms with Crippen molar-refractivity contribution < 1.29 is 32.2 Å². The van der Waals surface area contributed by atoms with Crippen LogP contribution in [0.4, 0.5) is 11.5 Å². The third-order valence-corrected chi connectivity index (χ3v) is 4.73. The van der Waals surface area contributed by atoms with Crippen LogP contribution in [0.3, 0.4) is 0 Å². The fraction of sp³-hybridized carbons (Fsp3) is 0.312. The van der Waals surface area contributed by atoms with Crippen LogP contribution in [0.1, 0.15) is 29.5 Å². The summed E-state index contributed by atoms with van der Waals surface area (Å²) >= 11 is 0. The number of anilines is 1. The number of benzene rings is 1. The SMILES string of the molecule is CCC(OC(=O)c1ccc(S(C)(=O)=O)c([N+](=O)[O-])c1)C(=O)Nc1cc(C)on1. The zero-order chi connectivity index (χ0) is 21.1. The first kappa shape index (κ1) is 21.0. The van der Waals surface area contributed by atoms with Crippen LogP contribution >= 0.6 is 0 Å². The third kappa shape index (κ3) is 4.91. The molecule has 0 spiro atoms. The first-order valence-corrected chi connectivity index (χ1v) is 9.85. The number of nitrogens with one attached hydrogen (secondary N) is 1. The van der Waals surface area contributed by atoms with Gasteiger partial charge in [0.2, 0.25) is 0 Å². The van der Waals surface area contributed by atoms with Crippen LogP contribution in [0.25, 0.3) is 0 Å². The van der Waals surface area contributed by atoms with Gasteiger partial charge in [0.05, 0.1) is 10.5 Å². The number of ether oxygens (including phenoxy) is 1. The first-order chi connectivity index (χ1) is 13.0. The smallest absolute Gasteiger partial charge is 0.339 e. The molecule has 0 aliphatic rings. The van der Waals surface area contributed by atoms with Gasteiger partial charge in [-0.1, -0.05) is 12.1 Å². The molecule has 0 saturated carbocycles. The van der Waals surface area contributed by atoms with E-state index in [1.165, 1.54) is 6.07 Å². The summed E-state index contributed by atoms with van der Waals surface area (Å²) in [6, 6.07) is 4.30. The van der Waals surface area contributed by atoms with Crippen LogP contribution in [-0.4, -0.2) is 42.7 Å². The van der Waals surface area contributed by atoms with E-state index in [0.717, 1.165) is 24.5 Å². The molecular weight excluding hydrogens is 394 g/mol. The molecule has 2 rings (SSSR count). The number of nitro groups is 1. The number of nitro benzene ring substituents is 1. The van der Waals surface area contributed by atoms with Crippen molar-refractivity contribution in [3.8, 4) is 0 Å². The Hall–Kier alpha value is -3.28. The lowest BCUT2D eigenvalue weighted by molar-refractivity contribution is -0.387. The van der Waals surface area contributed by atoms with Gasteiger partial charge in [0, 0.05) is 18.4 Å². The summed E-state index contributed by atoms with van der Waals surface area (Å²) in [7, 11) is -3.87. The molecule has 28 heavy (non-hydrogen) atoms. The van der Waals surface area contributed by atoms with E-state index in [2.05, 4.69) is 10.5 Å². The number of aryl methyl sites for hydroxylation is 1. The second kappa shape index (κ2) is 8.17. The molecule has 0 aliphatic heterocycles. The van der Waals surface area contributed by atoms with E-state index in [1.54, 1.807) is 13.8 Å². The Balaban J connectivity index is 2.21. The second-order valence-electron chi connectivity index (χ2n) is 5.83. The molecule has 0 bridgehead atoms. The minimum Gasteiger partial charge on any atom is -0.449 e. The number of amides is 1. The number of nitrogens with zero attached hydrogens (tertiary/aromatic N) is 2. The van der Waals surface area contributed by atoms with E-state index >= 15 is 0 Å². The number of aromatic nitrogens is 1. The van der Waals surface area contributed by atoms with Gasteiger partial charge in [0.1, 0.15) is 10.7 Å². The Kier molecular flexibility index (Phi) is 6.13. The summed E-state index contributed by atoms with van der Waals surface area (Å²) in [5.41, 5.74) is -1.02. The average Bonchev–Trinajstić information content (AvgIpc) is 3.02. The van der Waals surface area contributed by atoms with Gasteiger partial charge in [-0.15, -0.1) is 0 Å². The molecule has 0 aliphatic carbocycles. The quantitative estimate of drug-likeness (QED) is 0.407. The summed E-state index contributed by atoms with van der Waals surface area (Å²) < 4.78 is 33.2. The van der Waals surface area contributed by atoms with Crippen molar-refractivity contribution in [1.29, 1.82) is 0 Å². The molecule has 1 aromatic carbocycles. The molecular formula is C16H17N3O8S. The van der Waals surface area contributed by atoms with Gasteiger partial charge in [0.15, 0.2) is 21.8 Å². The normalized spacial score (nSPS) is 12.2. The lowest BCUT2D eigenvalue weighted by Crippen LogP contribution is -2.32. The minimum atomic E-state index is -3.87. The molecule has 1 aromatic heterocycles. The highest BCUT2D eigenvalue weighted by Crippen LogP contribution is 2.25. The van der Waals surface area contributed by atoms with Crippen LogP contribution in [0.5, 0.6) is 0 Å². The Labute approximate surface area is 159 Å². The van der Waals surface area contributed by atoms with Gasteiger partial charge in [-0.3, -0.25) is 14.9 Å². The van der Waals surface area contributed by atoms with Gasteiger partial charge < -0.3 is 14.6 Å². The van der Waals surface area contributed by atoms with E-state index < -0.39 is 43.3 Å². The minimum absolute atomic E-state index is 0.123. The number of hydrogen-bond donors (Lipinski definition) is 1. The molecule has 11 nitrogen and oxygen atoms in total. The maximum atomic E-state index is 12.3. The van der Waals surface area contributed by atoms with Gasteiger partial charge in [-0.25, -0.2) is 13.2 Å². The number of carbonyl (C=O) groups is 2. The van der Waals surface area contributed by atoms with E-state index in [9.17, 15) is 28.1 Å². The Morgan fingerprint density at radius 2 is 2.04 bits per heavy atom. The maximum absolute atomic E-state index is 12.3. The van der Waals surface area contributed by atoms with Crippen molar-refractivity contribution in [2.24, 2.45) is 0 Å². The summed E-state index contributed by atoms with van der Waals surface area (Å²) in [6.45, 7) is 3.23. The van der Waals surface area contributed by atoms with Crippen molar-refractivity contribution >= 4 is 33.2 Å². The van der Waals surface area contributed by atoms with Crippen molar-refractivity contribution in [2.45, 2.75) is 31.3 Å². The summed E-state index contributed by atoms with van der Waals surface area (Å²) in [5, 5.41) is 17.2. The van der Waals surface area contributed by atoms with Crippen molar-refractivity contribution in [3.63, 3.8) is 0 Å². The van der Waals surface area contributed by atoms with Gasteiger partial charge >= 0.3 is 5.97 Å². The van der Waals surface area contributed by atoms with Crippen LogP contribution in [0.2, 0.25) is 0 Å². The van der Waals surface area contributed by atoms with Crippen LogP contribution in [0, 0.1) is 17.0 Å². The Morgan fingerprint density at radius 1 is 1.36 bits per heavy atom. The van der Waals surface area contributed by atoms with E-state index in [-0.39, 0.29) is 17.8 Å². The largest absolute Gasteiger partial charge is 0.449 e. The van der Waals surface area contributed by atoms with Crippen LogP contribution in [-0.2, 0) is 19.4 Å². The second-order valence-corrected chi connectivity index (χ2v) is 7.81. The zero-order valence-corrected chi connectivity index (χ0v) is 16.0. The molecule has 1 unspecified atom stereocenters. The van der Waals surface area contributed by atoms with E-state index in [0.29, 0.717) is 5.76 Å². The first-order valence-electron chi connectivity index (χ1n) is 7.96.